The molecule has 448 valence electrons. The molecule has 9 heteroatoms. The molecule has 0 fully saturated rings. The van der Waals surface area contributed by atoms with Gasteiger partial charge in [-0.1, -0.05) is 237 Å². The number of carboxylic acids is 1. The Balaban J connectivity index is 4.28. The van der Waals surface area contributed by atoms with E-state index in [-0.39, 0.29) is 38.6 Å². The van der Waals surface area contributed by atoms with Crippen LogP contribution in [0.1, 0.15) is 232 Å². The molecule has 0 aromatic carbocycles. The highest BCUT2D eigenvalue weighted by Gasteiger charge is 2.25. The Kier molecular flexibility index (Phi) is 56.1. The number of quaternary nitrogens is 1. The van der Waals surface area contributed by atoms with Crippen LogP contribution >= 0.6 is 0 Å². The molecule has 9 nitrogen and oxygen atoms in total. The van der Waals surface area contributed by atoms with E-state index in [0.717, 1.165) is 122 Å². The topological polar surface area (TPSA) is 108 Å². The summed E-state index contributed by atoms with van der Waals surface area (Å²) in [6.07, 6.45) is 82.4. The number of hydrogen-bond donors (Lipinski definition) is 1. The van der Waals surface area contributed by atoms with Crippen molar-refractivity contribution in [2.24, 2.45) is 0 Å². The first-order valence-electron chi connectivity index (χ1n) is 31.3. The number of hydrogen-bond acceptors (Lipinski definition) is 7. The predicted molar refractivity (Wildman–Crippen MR) is 336 cm³/mol. The smallest absolute Gasteiger partial charge is 0.361 e. The standard InChI is InChI=1S/C70H115NO8/c1-6-8-10-12-14-16-18-20-22-24-26-28-29-30-31-32-33-34-35-36-37-38-39-41-43-45-47-49-51-53-55-57-59-61-68(73)79-66(65-78-70(69(74)75)76-63-62-71(3,4)5)64-77-67(72)60-58-56-54-52-50-48-46-44-42-40-27-25-23-21-19-17-15-13-11-9-7-2/h8,10,14,16,19-22,25-28,30-31,33-34,36-37,39,41-42,44,66,70H,6-7,9,11-13,15,17-18,23-24,29,32,35,38,40,43,45-65H2,1-5H3/p+1/b10-8-,16-14-,21-19-,22-20-,27-25-,28-26-,31-30-,34-33-,37-36-,41-39-,44-42-. The fourth-order valence-electron chi connectivity index (χ4n) is 8.09. The highest BCUT2D eigenvalue weighted by Crippen LogP contribution is 2.14. The van der Waals surface area contributed by atoms with Gasteiger partial charge in [0.05, 0.1) is 34.4 Å². The molecule has 79 heavy (non-hydrogen) atoms. The summed E-state index contributed by atoms with van der Waals surface area (Å²) >= 11 is 0. The molecular formula is C70H116NO8+. The summed E-state index contributed by atoms with van der Waals surface area (Å²) in [6, 6.07) is 0. The minimum atomic E-state index is -1.52. The molecule has 0 saturated carbocycles. The second-order valence-electron chi connectivity index (χ2n) is 21.6. The average molecular weight is 1100 g/mol. The number of unbranched alkanes of at least 4 members (excludes halogenated alkanes) is 19. The summed E-state index contributed by atoms with van der Waals surface area (Å²) in [5.41, 5.74) is 0. The number of allylic oxidation sites excluding steroid dienone is 22. The van der Waals surface area contributed by atoms with Crippen molar-refractivity contribution in [2.45, 2.75) is 245 Å². The van der Waals surface area contributed by atoms with Crippen LogP contribution < -0.4 is 0 Å². The molecule has 1 N–H and O–H groups in total. The number of esters is 2. The normalized spacial score (nSPS) is 13.7. The maximum atomic E-state index is 12.9. The van der Waals surface area contributed by atoms with Crippen LogP contribution in [-0.2, 0) is 33.3 Å². The van der Waals surface area contributed by atoms with Gasteiger partial charge in [-0.25, -0.2) is 4.79 Å². The van der Waals surface area contributed by atoms with Crippen molar-refractivity contribution < 1.29 is 42.9 Å². The summed E-state index contributed by atoms with van der Waals surface area (Å²) in [7, 11) is 5.95. The van der Waals surface area contributed by atoms with E-state index >= 15 is 0 Å². The van der Waals surface area contributed by atoms with Crippen molar-refractivity contribution in [3.05, 3.63) is 134 Å². The third-order valence-electron chi connectivity index (χ3n) is 12.9. The van der Waals surface area contributed by atoms with E-state index in [1.54, 1.807) is 0 Å². The largest absolute Gasteiger partial charge is 0.477 e. The van der Waals surface area contributed by atoms with Crippen molar-refractivity contribution in [3.63, 3.8) is 0 Å². The van der Waals surface area contributed by atoms with Crippen molar-refractivity contribution in [1.82, 2.24) is 0 Å². The molecule has 2 unspecified atom stereocenters. The van der Waals surface area contributed by atoms with E-state index in [0.29, 0.717) is 17.4 Å². The van der Waals surface area contributed by atoms with Crippen LogP contribution in [-0.4, -0.2) is 87.4 Å². The summed E-state index contributed by atoms with van der Waals surface area (Å²) in [6.45, 7) is 4.71. The second-order valence-corrected chi connectivity index (χ2v) is 21.6. The number of ether oxygens (including phenoxy) is 4. The molecular weight excluding hydrogens is 983 g/mol. The van der Waals surface area contributed by atoms with Crippen LogP contribution in [0.3, 0.4) is 0 Å². The zero-order valence-corrected chi connectivity index (χ0v) is 51.0. The maximum Gasteiger partial charge on any atom is 0.361 e. The lowest BCUT2D eigenvalue weighted by atomic mass is 10.1. The first-order valence-corrected chi connectivity index (χ1v) is 31.3. The van der Waals surface area contributed by atoms with Crippen LogP contribution in [0.2, 0.25) is 0 Å². The van der Waals surface area contributed by atoms with E-state index in [1.165, 1.54) is 77.0 Å². The van der Waals surface area contributed by atoms with Crippen LogP contribution in [0.15, 0.2) is 134 Å². The number of rotatable bonds is 56. The molecule has 0 aliphatic carbocycles. The number of likely N-dealkylation sites (N-methyl/N-ethyl adjacent to an activating group) is 1. The van der Waals surface area contributed by atoms with Crippen LogP contribution in [0.5, 0.6) is 0 Å². The van der Waals surface area contributed by atoms with E-state index < -0.39 is 24.3 Å². The van der Waals surface area contributed by atoms with Gasteiger partial charge in [0.25, 0.3) is 6.29 Å². The molecule has 0 heterocycles. The van der Waals surface area contributed by atoms with Gasteiger partial charge in [-0.3, -0.25) is 9.59 Å². The summed E-state index contributed by atoms with van der Waals surface area (Å²) < 4.78 is 22.9. The fourth-order valence-corrected chi connectivity index (χ4v) is 8.09. The van der Waals surface area contributed by atoms with Gasteiger partial charge >= 0.3 is 17.9 Å². The van der Waals surface area contributed by atoms with Crippen molar-refractivity contribution >= 4 is 17.9 Å². The van der Waals surface area contributed by atoms with Gasteiger partial charge in [-0.05, 0) is 116 Å². The molecule has 0 rings (SSSR count). The Morgan fingerprint density at radius 2 is 0.722 bits per heavy atom. The van der Waals surface area contributed by atoms with Crippen molar-refractivity contribution in [3.8, 4) is 0 Å². The Labute approximate surface area is 484 Å². The molecule has 0 spiro atoms. The Hall–Kier alpha value is -4.57. The number of aliphatic carboxylic acids is 1. The SMILES string of the molecule is CC/C=C\C/C=C\C/C=C\C/C=C\C/C=C\C/C=C\C/C=C\C/C=C\CCCCCCCCCCC(=O)OC(COC(=O)CCCCCCCC/C=C\C/C=C\C/C=C\CCCCCCC)COC(OCC[N+](C)(C)C)C(=O)O. The maximum absolute atomic E-state index is 12.9. The summed E-state index contributed by atoms with van der Waals surface area (Å²) in [5.74, 6) is -2.05. The molecule has 0 aliphatic heterocycles. The lowest BCUT2D eigenvalue weighted by Crippen LogP contribution is -2.40. The van der Waals surface area contributed by atoms with E-state index in [4.69, 9.17) is 18.9 Å². The highest BCUT2D eigenvalue weighted by molar-refractivity contribution is 5.71. The van der Waals surface area contributed by atoms with E-state index in [2.05, 4.69) is 148 Å². The van der Waals surface area contributed by atoms with E-state index in [1.807, 2.05) is 21.1 Å². The zero-order chi connectivity index (χ0) is 57.6. The minimum absolute atomic E-state index is 0.176. The first kappa shape index (κ1) is 74.4. The van der Waals surface area contributed by atoms with Crippen LogP contribution in [0.4, 0.5) is 0 Å². The lowest BCUT2D eigenvalue weighted by Gasteiger charge is -2.25. The molecule has 0 radical (unpaired) electrons. The average Bonchev–Trinajstić information content (AvgIpc) is 3.42. The summed E-state index contributed by atoms with van der Waals surface area (Å²) in [5, 5.41) is 9.72. The molecule has 0 saturated heterocycles. The quantitative estimate of drug-likeness (QED) is 0.0211. The minimum Gasteiger partial charge on any atom is -0.477 e. The summed E-state index contributed by atoms with van der Waals surface area (Å²) in [4.78, 5) is 37.5. The highest BCUT2D eigenvalue weighted by atomic mass is 16.7. The van der Waals surface area contributed by atoms with Gasteiger partial charge in [-0.2, -0.15) is 0 Å². The first-order chi connectivity index (χ1) is 38.6. The Bertz CT molecular complexity index is 1750. The molecule has 0 amide bonds. The van der Waals surface area contributed by atoms with Crippen LogP contribution in [0.25, 0.3) is 0 Å². The van der Waals surface area contributed by atoms with Gasteiger partial charge in [-0.15, -0.1) is 0 Å². The molecule has 2 atom stereocenters. The molecule has 0 aromatic heterocycles. The monoisotopic (exact) mass is 1100 g/mol. The van der Waals surface area contributed by atoms with Gasteiger partial charge in [0, 0.05) is 12.8 Å². The number of carbonyl (C=O) groups is 3. The van der Waals surface area contributed by atoms with Gasteiger partial charge in [0.1, 0.15) is 13.2 Å². The van der Waals surface area contributed by atoms with Gasteiger partial charge in [0.2, 0.25) is 0 Å². The van der Waals surface area contributed by atoms with Crippen molar-refractivity contribution in [2.75, 3.05) is 47.5 Å². The number of carbonyl (C=O) groups excluding carboxylic acids is 2. The zero-order valence-electron chi connectivity index (χ0n) is 51.0. The lowest BCUT2D eigenvalue weighted by molar-refractivity contribution is -0.870. The third kappa shape index (κ3) is 60.9. The fraction of sp³-hybridized carbons (Fsp3) is 0.643. The Morgan fingerprint density at radius 3 is 1.08 bits per heavy atom. The predicted octanol–water partition coefficient (Wildman–Crippen LogP) is 19.0. The second kappa shape index (κ2) is 59.5. The molecule has 0 aliphatic rings. The molecule has 0 aromatic rings. The Morgan fingerprint density at radius 1 is 0.392 bits per heavy atom. The van der Waals surface area contributed by atoms with E-state index in [9.17, 15) is 19.5 Å². The molecule has 0 bridgehead atoms. The van der Waals surface area contributed by atoms with Gasteiger partial charge < -0.3 is 28.5 Å². The third-order valence-corrected chi connectivity index (χ3v) is 12.9. The number of carboxylic acid groups (broad SMARTS) is 1. The van der Waals surface area contributed by atoms with Crippen molar-refractivity contribution in [1.29, 1.82) is 0 Å². The van der Waals surface area contributed by atoms with Crippen LogP contribution in [0, 0.1) is 0 Å². The number of nitrogens with zero attached hydrogens (tertiary/aromatic N) is 1. The van der Waals surface area contributed by atoms with Gasteiger partial charge in [0.15, 0.2) is 6.10 Å².